The summed E-state index contributed by atoms with van der Waals surface area (Å²) in [5.41, 5.74) is 4.66. The van der Waals surface area contributed by atoms with Gasteiger partial charge < -0.3 is 10.6 Å². The molecule has 1 amide bonds. The van der Waals surface area contributed by atoms with E-state index in [0.29, 0.717) is 5.92 Å². The Morgan fingerprint density at radius 2 is 2.05 bits per heavy atom. The lowest BCUT2D eigenvalue weighted by Gasteiger charge is -2.34. The molecule has 1 aliphatic carbocycles. The second kappa shape index (κ2) is 5.77. The number of carbonyl (C=O) groups excluding carboxylic acids is 1. The molecule has 0 aromatic heterocycles. The topological polar surface area (TPSA) is 46.3 Å². The minimum absolute atomic E-state index is 0.0338. The zero-order chi connectivity index (χ0) is 14.9. The highest BCUT2D eigenvalue weighted by molar-refractivity contribution is 5.95. The number of benzene rings is 1. The first-order valence-electron chi connectivity index (χ1n) is 6.92. The molecule has 0 saturated heterocycles. The Bertz CT molecular complexity index is 519. The third kappa shape index (κ3) is 2.76. The van der Waals surface area contributed by atoms with Crippen molar-refractivity contribution in [3.8, 4) is 0 Å². The molecule has 0 heterocycles. The fraction of sp³-hybridized carbons (Fsp3) is 0.533. The predicted octanol–water partition coefficient (Wildman–Crippen LogP) is 3.20. The van der Waals surface area contributed by atoms with E-state index in [2.05, 4.69) is 6.92 Å². The molecule has 1 saturated carbocycles. The summed E-state index contributed by atoms with van der Waals surface area (Å²) < 4.78 is 27.6. The van der Waals surface area contributed by atoms with Gasteiger partial charge in [-0.2, -0.15) is 0 Å². The van der Waals surface area contributed by atoms with Crippen LogP contribution in [0.5, 0.6) is 0 Å². The molecule has 0 aliphatic heterocycles. The molecule has 0 bridgehead atoms. The number of amides is 1. The van der Waals surface area contributed by atoms with Crippen LogP contribution in [-0.4, -0.2) is 23.9 Å². The molecule has 3 nitrogen and oxygen atoms in total. The Labute approximate surface area is 117 Å². The SMILES string of the molecule is CC1CCCC(N(C)C(=O)c2c(F)ccc(N)c2F)C1. The number of hydrogen-bond acceptors (Lipinski definition) is 2. The van der Waals surface area contributed by atoms with E-state index >= 15 is 0 Å². The Morgan fingerprint density at radius 1 is 1.35 bits per heavy atom. The van der Waals surface area contributed by atoms with E-state index in [4.69, 9.17) is 5.73 Å². The Hall–Kier alpha value is -1.65. The smallest absolute Gasteiger partial charge is 0.259 e. The highest BCUT2D eigenvalue weighted by atomic mass is 19.1. The van der Waals surface area contributed by atoms with Crippen LogP contribution < -0.4 is 5.73 Å². The van der Waals surface area contributed by atoms with Gasteiger partial charge in [0.15, 0.2) is 5.82 Å². The molecule has 110 valence electrons. The van der Waals surface area contributed by atoms with Crippen molar-refractivity contribution in [2.45, 2.75) is 38.6 Å². The Kier molecular flexibility index (Phi) is 4.26. The Balaban J connectivity index is 2.25. The second-order valence-corrected chi connectivity index (χ2v) is 5.67. The van der Waals surface area contributed by atoms with Crippen molar-refractivity contribution < 1.29 is 13.6 Å². The quantitative estimate of drug-likeness (QED) is 0.847. The minimum atomic E-state index is -0.967. The molecule has 0 radical (unpaired) electrons. The third-order valence-electron chi connectivity index (χ3n) is 4.11. The van der Waals surface area contributed by atoms with E-state index in [1.165, 1.54) is 4.90 Å². The first-order valence-corrected chi connectivity index (χ1v) is 6.92. The average Bonchev–Trinajstić information content (AvgIpc) is 2.42. The van der Waals surface area contributed by atoms with Gasteiger partial charge in [0.2, 0.25) is 0 Å². The van der Waals surface area contributed by atoms with Gasteiger partial charge in [-0.15, -0.1) is 0 Å². The summed E-state index contributed by atoms with van der Waals surface area (Å²) in [5, 5.41) is 0. The summed E-state index contributed by atoms with van der Waals surface area (Å²) in [6.45, 7) is 2.13. The predicted molar refractivity (Wildman–Crippen MR) is 74.3 cm³/mol. The molecule has 1 fully saturated rings. The lowest BCUT2D eigenvalue weighted by atomic mass is 9.86. The maximum Gasteiger partial charge on any atom is 0.259 e. The summed E-state index contributed by atoms with van der Waals surface area (Å²) >= 11 is 0. The van der Waals surface area contributed by atoms with Crippen LogP contribution in [-0.2, 0) is 0 Å². The number of anilines is 1. The number of rotatable bonds is 2. The highest BCUT2D eigenvalue weighted by Gasteiger charge is 2.29. The lowest BCUT2D eigenvalue weighted by Crippen LogP contribution is -2.40. The Morgan fingerprint density at radius 3 is 2.70 bits per heavy atom. The van der Waals surface area contributed by atoms with Crippen LogP contribution in [0.4, 0.5) is 14.5 Å². The molecule has 2 rings (SSSR count). The van der Waals surface area contributed by atoms with Crippen molar-refractivity contribution in [1.82, 2.24) is 4.90 Å². The first-order chi connectivity index (χ1) is 9.41. The largest absolute Gasteiger partial charge is 0.396 e. The first kappa shape index (κ1) is 14.8. The number of nitrogen functional groups attached to an aromatic ring is 1. The zero-order valence-electron chi connectivity index (χ0n) is 11.8. The summed E-state index contributed by atoms with van der Waals surface area (Å²) in [6.07, 6.45) is 3.91. The van der Waals surface area contributed by atoms with Gasteiger partial charge in [0.05, 0.1) is 5.69 Å². The van der Waals surface area contributed by atoms with E-state index in [9.17, 15) is 13.6 Å². The van der Waals surface area contributed by atoms with Crippen LogP contribution in [0.25, 0.3) is 0 Å². The summed E-state index contributed by atoms with van der Waals surface area (Å²) in [5.74, 6) is -1.94. The number of nitrogens with two attached hydrogens (primary N) is 1. The van der Waals surface area contributed by atoms with Gasteiger partial charge in [-0.1, -0.05) is 19.8 Å². The molecule has 2 unspecified atom stereocenters. The summed E-state index contributed by atoms with van der Waals surface area (Å²) in [7, 11) is 1.60. The van der Waals surface area contributed by atoms with E-state index < -0.39 is 23.1 Å². The van der Waals surface area contributed by atoms with Crippen molar-refractivity contribution in [3.63, 3.8) is 0 Å². The molecule has 1 aliphatic rings. The van der Waals surface area contributed by atoms with Crippen LogP contribution in [0.3, 0.4) is 0 Å². The molecule has 0 spiro atoms. The standard InChI is InChI=1S/C15H20F2N2O/c1-9-4-3-5-10(8-9)19(2)15(20)13-11(16)6-7-12(18)14(13)17/h6-7,9-10H,3-5,8,18H2,1-2H3. The third-order valence-corrected chi connectivity index (χ3v) is 4.11. The molecule has 2 N–H and O–H groups in total. The summed E-state index contributed by atoms with van der Waals surface area (Å²) in [4.78, 5) is 13.8. The molecule has 2 atom stereocenters. The van der Waals surface area contributed by atoms with Gasteiger partial charge in [0, 0.05) is 13.1 Å². The maximum absolute atomic E-state index is 13.9. The lowest BCUT2D eigenvalue weighted by molar-refractivity contribution is 0.0662. The van der Waals surface area contributed by atoms with Crippen molar-refractivity contribution in [2.24, 2.45) is 5.92 Å². The van der Waals surface area contributed by atoms with E-state index in [-0.39, 0.29) is 11.7 Å². The van der Waals surface area contributed by atoms with E-state index in [1.807, 2.05) is 0 Å². The molecular weight excluding hydrogens is 262 g/mol. The monoisotopic (exact) mass is 282 g/mol. The van der Waals surface area contributed by atoms with E-state index in [0.717, 1.165) is 37.8 Å². The molecular formula is C15H20F2N2O. The van der Waals surface area contributed by atoms with Gasteiger partial charge in [-0.3, -0.25) is 4.79 Å². The van der Waals surface area contributed by atoms with Crippen LogP contribution in [0.2, 0.25) is 0 Å². The normalized spacial score (nSPS) is 22.6. The van der Waals surface area contributed by atoms with Crippen LogP contribution in [0.1, 0.15) is 43.0 Å². The van der Waals surface area contributed by atoms with Crippen molar-refractivity contribution in [3.05, 3.63) is 29.3 Å². The summed E-state index contributed by atoms with van der Waals surface area (Å²) in [6, 6.07) is 2.19. The van der Waals surface area contributed by atoms with Gasteiger partial charge in [-0.05, 0) is 30.9 Å². The second-order valence-electron chi connectivity index (χ2n) is 5.67. The van der Waals surface area contributed by atoms with Gasteiger partial charge in [-0.25, -0.2) is 8.78 Å². The number of carbonyl (C=O) groups is 1. The van der Waals surface area contributed by atoms with Crippen LogP contribution in [0, 0.1) is 17.6 Å². The fourth-order valence-corrected chi connectivity index (χ4v) is 2.86. The number of hydrogen-bond donors (Lipinski definition) is 1. The zero-order valence-corrected chi connectivity index (χ0v) is 11.8. The molecule has 1 aromatic rings. The maximum atomic E-state index is 13.9. The van der Waals surface area contributed by atoms with Crippen LogP contribution >= 0.6 is 0 Å². The average molecular weight is 282 g/mol. The number of nitrogens with zero attached hydrogens (tertiary/aromatic N) is 1. The number of halogens is 2. The molecule has 20 heavy (non-hydrogen) atoms. The van der Waals surface area contributed by atoms with Crippen molar-refractivity contribution >= 4 is 11.6 Å². The van der Waals surface area contributed by atoms with Gasteiger partial charge in [0.1, 0.15) is 11.4 Å². The van der Waals surface area contributed by atoms with Crippen molar-refractivity contribution in [2.75, 3.05) is 12.8 Å². The minimum Gasteiger partial charge on any atom is -0.396 e. The van der Waals surface area contributed by atoms with Gasteiger partial charge in [0.25, 0.3) is 5.91 Å². The molecule has 5 heteroatoms. The van der Waals surface area contributed by atoms with Crippen LogP contribution in [0.15, 0.2) is 12.1 Å². The molecule has 1 aromatic carbocycles. The van der Waals surface area contributed by atoms with Crippen molar-refractivity contribution in [1.29, 1.82) is 0 Å². The fourth-order valence-electron chi connectivity index (χ4n) is 2.86. The highest BCUT2D eigenvalue weighted by Crippen LogP contribution is 2.28. The van der Waals surface area contributed by atoms with Gasteiger partial charge >= 0.3 is 0 Å². The van der Waals surface area contributed by atoms with E-state index in [1.54, 1.807) is 7.05 Å².